The van der Waals surface area contributed by atoms with Crippen molar-refractivity contribution in [3.05, 3.63) is 83.0 Å². The molecular formula is C28H31ClN8O2. The van der Waals surface area contributed by atoms with Gasteiger partial charge in [0.2, 0.25) is 0 Å². The highest BCUT2D eigenvalue weighted by atomic mass is 35.5. The minimum absolute atomic E-state index is 0.120. The van der Waals surface area contributed by atoms with Crippen molar-refractivity contribution in [2.75, 3.05) is 44.6 Å². The van der Waals surface area contributed by atoms with Crippen molar-refractivity contribution in [2.45, 2.75) is 19.4 Å². The summed E-state index contributed by atoms with van der Waals surface area (Å²) in [6, 6.07) is 19.2. The highest BCUT2D eigenvalue weighted by Crippen LogP contribution is 2.24. The number of carbonyl (C=O) groups excluding carboxylic acids is 1. The van der Waals surface area contributed by atoms with Crippen LogP contribution in [0.1, 0.15) is 28.8 Å². The van der Waals surface area contributed by atoms with Crippen molar-refractivity contribution < 1.29 is 9.53 Å². The van der Waals surface area contributed by atoms with Crippen LogP contribution in [0.25, 0.3) is 11.3 Å². The minimum atomic E-state index is -0.340. The van der Waals surface area contributed by atoms with Gasteiger partial charge in [-0.1, -0.05) is 47.0 Å². The Morgan fingerprint density at radius 2 is 1.82 bits per heavy atom. The largest absolute Gasteiger partial charge is 0.493 e. The fraction of sp³-hybridized carbons (Fsp3) is 0.321. The van der Waals surface area contributed by atoms with Crippen LogP contribution < -0.4 is 10.1 Å². The van der Waals surface area contributed by atoms with E-state index in [1.807, 2.05) is 42.6 Å². The van der Waals surface area contributed by atoms with Gasteiger partial charge in [-0.25, -0.2) is 0 Å². The van der Waals surface area contributed by atoms with E-state index in [9.17, 15) is 4.79 Å². The summed E-state index contributed by atoms with van der Waals surface area (Å²) in [7, 11) is 0. The second kappa shape index (κ2) is 13.3. The number of para-hydroxylation sites is 1. The lowest BCUT2D eigenvalue weighted by atomic mass is 10.1. The van der Waals surface area contributed by atoms with Gasteiger partial charge in [-0.2, -0.15) is 5.21 Å². The SMILES string of the molecule is O=C(Nc1nn[nH]n1)c1ccccc1OCCCN1CCCN(Cc2cccnc2-c2ccc(Cl)cc2)CC1. The van der Waals surface area contributed by atoms with Gasteiger partial charge >= 0.3 is 0 Å². The highest BCUT2D eigenvalue weighted by Gasteiger charge is 2.18. The molecule has 3 heterocycles. The minimum Gasteiger partial charge on any atom is -0.493 e. The normalized spacial score (nSPS) is 14.6. The molecule has 0 unspecified atom stereocenters. The fourth-order valence-electron chi connectivity index (χ4n) is 4.71. The number of aromatic nitrogens is 5. The molecule has 2 aromatic carbocycles. The number of rotatable bonds is 10. The molecule has 1 saturated heterocycles. The van der Waals surface area contributed by atoms with E-state index < -0.39 is 0 Å². The van der Waals surface area contributed by atoms with Gasteiger partial charge in [0.1, 0.15) is 5.75 Å². The summed E-state index contributed by atoms with van der Waals surface area (Å²) in [6.45, 7) is 6.42. The molecule has 1 fully saturated rings. The van der Waals surface area contributed by atoms with Crippen molar-refractivity contribution >= 4 is 23.5 Å². The summed E-state index contributed by atoms with van der Waals surface area (Å²) < 4.78 is 5.99. The molecule has 39 heavy (non-hydrogen) atoms. The van der Waals surface area contributed by atoms with Crippen molar-refractivity contribution in [3.63, 3.8) is 0 Å². The van der Waals surface area contributed by atoms with E-state index in [2.05, 4.69) is 46.8 Å². The number of halogens is 1. The molecule has 5 rings (SSSR count). The second-order valence-electron chi connectivity index (χ2n) is 9.38. The first-order chi connectivity index (χ1) is 19.2. The zero-order valence-corrected chi connectivity index (χ0v) is 22.3. The Labute approximate surface area is 232 Å². The van der Waals surface area contributed by atoms with Gasteiger partial charge in [0.25, 0.3) is 11.9 Å². The first-order valence-electron chi connectivity index (χ1n) is 13.1. The molecular weight excluding hydrogens is 516 g/mol. The van der Waals surface area contributed by atoms with E-state index in [0.717, 1.165) is 68.4 Å². The molecule has 10 nitrogen and oxygen atoms in total. The molecule has 2 aromatic heterocycles. The Balaban J connectivity index is 1.09. The average molecular weight is 547 g/mol. The number of tetrazole rings is 1. The number of hydrogen-bond donors (Lipinski definition) is 2. The summed E-state index contributed by atoms with van der Waals surface area (Å²) >= 11 is 6.08. The highest BCUT2D eigenvalue weighted by molar-refractivity contribution is 6.30. The van der Waals surface area contributed by atoms with E-state index >= 15 is 0 Å². The molecule has 4 aromatic rings. The standard InChI is InChI=1S/C28H31ClN8O2/c29-23-11-9-21(10-12-23)26-22(6-3-13-30-26)20-37-15-4-14-36(17-18-37)16-5-19-39-25-8-2-1-7-24(25)27(38)31-28-32-34-35-33-28/h1-3,6-13H,4-5,14-20H2,(H2,31,32,33,34,35,38). The first kappa shape index (κ1) is 26.7. The van der Waals surface area contributed by atoms with Gasteiger partial charge in [0.15, 0.2) is 0 Å². The quantitative estimate of drug-likeness (QED) is 0.285. The van der Waals surface area contributed by atoms with Gasteiger partial charge in [-0.15, -0.1) is 5.10 Å². The number of pyridine rings is 1. The fourth-order valence-corrected chi connectivity index (χ4v) is 4.84. The molecule has 2 N–H and O–H groups in total. The Morgan fingerprint density at radius 1 is 1.00 bits per heavy atom. The molecule has 0 bridgehead atoms. The van der Waals surface area contributed by atoms with Crippen molar-refractivity contribution in [1.29, 1.82) is 0 Å². The van der Waals surface area contributed by atoms with Crippen LogP contribution in [0.4, 0.5) is 5.95 Å². The smallest absolute Gasteiger partial charge is 0.270 e. The number of nitrogens with one attached hydrogen (secondary N) is 2. The second-order valence-corrected chi connectivity index (χ2v) is 9.81. The number of ether oxygens (including phenoxy) is 1. The molecule has 1 amide bonds. The number of carbonyl (C=O) groups is 1. The third-order valence-corrected chi connectivity index (χ3v) is 6.91. The van der Waals surface area contributed by atoms with Gasteiger partial charge in [-0.05, 0) is 67.0 Å². The molecule has 0 spiro atoms. The number of H-pyrrole nitrogens is 1. The van der Waals surface area contributed by atoms with E-state index in [1.54, 1.807) is 18.2 Å². The Bertz CT molecular complexity index is 1350. The maximum Gasteiger partial charge on any atom is 0.270 e. The van der Waals surface area contributed by atoms with Crippen LogP contribution in [-0.4, -0.2) is 80.6 Å². The average Bonchev–Trinajstić information content (AvgIpc) is 3.37. The zero-order valence-electron chi connectivity index (χ0n) is 21.6. The van der Waals surface area contributed by atoms with Crippen molar-refractivity contribution in [1.82, 2.24) is 35.4 Å². The van der Waals surface area contributed by atoms with Gasteiger partial charge in [0, 0.05) is 43.0 Å². The zero-order chi connectivity index (χ0) is 26.9. The maximum atomic E-state index is 12.6. The van der Waals surface area contributed by atoms with E-state index in [0.29, 0.717) is 17.9 Å². The van der Waals surface area contributed by atoms with Crippen LogP contribution in [0.3, 0.4) is 0 Å². The first-order valence-corrected chi connectivity index (χ1v) is 13.4. The lowest BCUT2D eigenvalue weighted by molar-refractivity contribution is 0.102. The Kier molecular flexibility index (Phi) is 9.10. The summed E-state index contributed by atoms with van der Waals surface area (Å²) in [5.41, 5.74) is 3.75. The van der Waals surface area contributed by atoms with Gasteiger partial charge in [-0.3, -0.25) is 20.0 Å². The molecule has 11 heteroatoms. The topological polar surface area (TPSA) is 112 Å². The Morgan fingerprint density at radius 3 is 2.67 bits per heavy atom. The van der Waals surface area contributed by atoms with Crippen LogP contribution in [0.5, 0.6) is 5.75 Å². The van der Waals surface area contributed by atoms with Crippen LogP contribution in [-0.2, 0) is 6.54 Å². The Hall–Kier alpha value is -3.86. The summed E-state index contributed by atoms with van der Waals surface area (Å²) in [5, 5.41) is 16.6. The number of aromatic amines is 1. The van der Waals surface area contributed by atoms with Crippen LogP contribution in [0, 0.1) is 0 Å². The van der Waals surface area contributed by atoms with E-state index in [4.69, 9.17) is 16.3 Å². The molecule has 0 aliphatic carbocycles. The molecule has 1 aliphatic rings. The molecule has 0 radical (unpaired) electrons. The lowest BCUT2D eigenvalue weighted by Crippen LogP contribution is -2.31. The number of anilines is 1. The molecule has 1 aliphatic heterocycles. The number of nitrogens with zero attached hydrogens (tertiary/aromatic N) is 6. The molecule has 0 saturated carbocycles. The molecule has 0 atom stereocenters. The van der Waals surface area contributed by atoms with E-state index in [-0.39, 0.29) is 11.9 Å². The summed E-state index contributed by atoms with van der Waals surface area (Å²) in [6.07, 6.45) is 3.82. The predicted octanol–water partition coefficient (Wildman–Crippen LogP) is 4.14. The number of hydrogen-bond acceptors (Lipinski definition) is 8. The monoisotopic (exact) mass is 546 g/mol. The van der Waals surface area contributed by atoms with Gasteiger partial charge < -0.3 is 9.64 Å². The summed E-state index contributed by atoms with van der Waals surface area (Å²) in [5.74, 6) is 0.315. The molecule has 202 valence electrons. The third kappa shape index (κ3) is 7.38. The van der Waals surface area contributed by atoms with Crippen LogP contribution in [0.15, 0.2) is 66.9 Å². The summed E-state index contributed by atoms with van der Waals surface area (Å²) in [4.78, 5) is 22.2. The van der Waals surface area contributed by atoms with Crippen molar-refractivity contribution in [3.8, 4) is 17.0 Å². The van der Waals surface area contributed by atoms with Crippen molar-refractivity contribution in [2.24, 2.45) is 0 Å². The third-order valence-electron chi connectivity index (χ3n) is 6.66. The van der Waals surface area contributed by atoms with E-state index in [1.165, 1.54) is 5.56 Å². The van der Waals surface area contributed by atoms with Gasteiger partial charge in [0.05, 0.1) is 17.9 Å². The van der Waals surface area contributed by atoms with Crippen LogP contribution >= 0.6 is 11.6 Å². The van der Waals surface area contributed by atoms with Crippen LogP contribution in [0.2, 0.25) is 5.02 Å². The number of amides is 1. The maximum absolute atomic E-state index is 12.6. The lowest BCUT2D eigenvalue weighted by Gasteiger charge is -2.22. The number of benzene rings is 2. The predicted molar refractivity (Wildman–Crippen MR) is 150 cm³/mol.